The second kappa shape index (κ2) is 12.9. The van der Waals surface area contributed by atoms with Crippen LogP contribution in [0.4, 0.5) is 16.3 Å². The third kappa shape index (κ3) is 7.48. The summed E-state index contributed by atoms with van der Waals surface area (Å²) in [5.41, 5.74) is 4.70. The number of hydrogen-bond acceptors (Lipinski definition) is 4. The Balaban J connectivity index is 1.20. The molecule has 0 spiro atoms. The number of anilines is 2. The van der Waals surface area contributed by atoms with Gasteiger partial charge >= 0.3 is 6.03 Å². The summed E-state index contributed by atoms with van der Waals surface area (Å²) in [6, 6.07) is 21.9. The molecule has 0 aliphatic carbocycles. The van der Waals surface area contributed by atoms with Crippen molar-refractivity contribution in [2.75, 3.05) is 23.7 Å². The van der Waals surface area contributed by atoms with E-state index in [4.69, 9.17) is 5.10 Å². The van der Waals surface area contributed by atoms with Gasteiger partial charge in [-0.15, -0.1) is 11.3 Å². The van der Waals surface area contributed by atoms with Crippen LogP contribution in [0.1, 0.15) is 61.7 Å². The third-order valence-corrected chi connectivity index (χ3v) is 8.84. The van der Waals surface area contributed by atoms with Crippen molar-refractivity contribution in [2.24, 2.45) is 5.92 Å². The number of aryl methyl sites for hydroxylation is 2. The van der Waals surface area contributed by atoms with Crippen molar-refractivity contribution in [1.82, 2.24) is 14.7 Å². The Kier molecular flexibility index (Phi) is 9.12. The molecule has 1 saturated heterocycles. The first-order valence-electron chi connectivity index (χ1n) is 14.8. The van der Waals surface area contributed by atoms with E-state index in [2.05, 4.69) is 48.9 Å². The van der Waals surface area contributed by atoms with E-state index in [9.17, 15) is 9.59 Å². The molecular formula is C34H41N5O2S. The lowest BCUT2D eigenvalue weighted by atomic mass is 9.89. The number of nitrogens with zero attached hydrogens (tertiary/aromatic N) is 3. The number of rotatable bonds is 8. The summed E-state index contributed by atoms with van der Waals surface area (Å²) in [6.07, 6.45) is 4.20. The van der Waals surface area contributed by atoms with Gasteiger partial charge in [0.15, 0.2) is 0 Å². The number of benzene rings is 2. The second-order valence-electron chi connectivity index (χ2n) is 12.3. The molecule has 0 atom stereocenters. The lowest BCUT2D eigenvalue weighted by molar-refractivity contribution is -0.132. The topological polar surface area (TPSA) is 79.3 Å². The van der Waals surface area contributed by atoms with Crippen LogP contribution in [-0.2, 0) is 23.1 Å². The summed E-state index contributed by atoms with van der Waals surface area (Å²) in [5, 5.41) is 13.0. The maximum atomic E-state index is 13.3. The van der Waals surface area contributed by atoms with Crippen LogP contribution in [0.2, 0.25) is 0 Å². The molecule has 0 bridgehead atoms. The number of carbonyl (C=O) groups is 2. The van der Waals surface area contributed by atoms with E-state index >= 15 is 0 Å². The fourth-order valence-electron chi connectivity index (χ4n) is 5.35. The minimum Gasteiger partial charge on any atom is -0.343 e. The Bertz CT molecular complexity index is 1490. The van der Waals surface area contributed by atoms with Gasteiger partial charge in [0.1, 0.15) is 5.82 Å². The molecule has 3 heterocycles. The highest BCUT2D eigenvalue weighted by Crippen LogP contribution is 2.28. The molecule has 220 valence electrons. The van der Waals surface area contributed by atoms with Crippen molar-refractivity contribution in [1.29, 1.82) is 0 Å². The standard InChI is InChI=1S/C34H41N5O2S/c1-24-11-13-27(14-12-24)39-31(23-30(37-39)34(2,3)4)36-33(41)35-29-10-6-5-8-26(29)22-25-17-19-38(20-18-25)32(40)16-15-28-9-7-21-42-28/h5-14,21,23,25H,15-20,22H2,1-4H3,(H2,35,36,41). The number of thiophene rings is 1. The van der Waals surface area contributed by atoms with Crippen LogP contribution >= 0.6 is 11.3 Å². The van der Waals surface area contributed by atoms with E-state index in [-0.39, 0.29) is 17.4 Å². The zero-order valence-corrected chi connectivity index (χ0v) is 25.8. The number of likely N-dealkylation sites (tertiary alicyclic amines) is 1. The maximum Gasteiger partial charge on any atom is 0.324 e. The summed E-state index contributed by atoms with van der Waals surface area (Å²) in [5.74, 6) is 1.34. The Morgan fingerprint density at radius 3 is 2.40 bits per heavy atom. The Morgan fingerprint density at radius 2 is 1.71 bits per heavy atom. The number of para-hydroxylation sites is 1. The summed E-state index contributed by atoms with van der Waals surface area (Å²) < 4.78 is 1.79. The third-order valence-electron chi connectivity index (χ3n) is 7.90. The Labute approximate surface area is 253 Å². The first kappa shape index (κ1) is 29.6. The van der Waals surface area contributed by atoms with Crippen molar-refractivity contribution in [3.05, 3.63) is 93.8 Å². The summed E-state index contributed by atoms with van der Waals surface area (Å²) in [6.45, 7) is 9.97. The quantitative estimate of drug-likeness (QED) is 0.224. The molecule has 3 amide bonds. The number of carbonyl (C=O) groups excluding carboxylic acids is 2. The Morgan fingerprint density at radius 1 is 0.976 bits per heavy atom. The van der Waals surface area contributed by atoms with E-state index in [0.717, 1.165) is 67.0 Å². The number of hydrogen-bond donors (Lipinski definition) is 2. The van der Waals surface area contributed by atoms with E-state index in [1.54, 1.807) is 16.0 Å². The molecule has 1 fully saturated rings. The average molecular weight is 584 g/mol. The smallest absolute Gasteiger partial charge is 0.324 e. The Hall–Kier alpha value is -3.91. The van der Waals surface area contributed by atoms with Crippen molar-refractivity contribution in [2.45, 2.75) is 65.2 Å². The first-order valence-corrected chi connectivity index (χ1v) is 15.7. The van der Waals surface area contributed by atoms with Crippen LogP contribution in [0.25, 0.3) is 5.69 Å². The molecule has 42 heavy (non-hydrogen) atoms. The van der Waals surface area contributed by atoms with Crippen molar-refractivity contribution in [3.63, 3.8) is 0 Å². The highest BCUT2D eigenvalue weighted by molar-refractivity contribution is 7.09. The van der Waals surface area contributed by atoms with Gasteiger partial charge in [0.05, 0.1) is 11.4 Å². The molecule has 1 aliphatic rings. The van der Waals surface area contributed by atoms with Gasteiger partial charge in [0, 0.05) is 41.6 Å². The lowest BCUT2D eigenvalue weighted by Crippen LogP contribution is -2.39. The average Bonchev–Trinajstić information content (AvgIpc) is 3.64. The van der Waals surface area contributed by atoms with E-state index in [1.807, 2.05) is 66.4 Å². The normalized spacial score (nSPS) is 14.1. The van der Waals surface area contributed by atoms with Gasteiger partial charge in [0.2, 0.25) is 5.91 Å². The molecule has 1 aliphatic heterocycles. The fraction of sp³-hybridized carbons (Fsp3) is 0.382. The molecule has 7 nitrogen and oxygen atoms in total. The summed E-state index contributed by atoms with van der Waals surface area (Å²) in [7, 11) is 0. The van der Waals surface area contributed by atoms with Crippen molar-refractivity contribution < 1.29 is 9.59 Å². The molecule has 8 heteroatoms. The zero-order valence-electron chi connectivity index (χ0n) is 25.0. The van der Waals surface area contributed by atoms with Crippen molar-refractivity contribution in [3.8, 4) is 5.69 Å². The number of piperidine rings is 1. The number of aromatic nitrogens is 2. The van der Waals surface area contributed by atoms with E-state index in [0.29, 0.717) is 18.2 Å². The van der Waals surface area contributed by atoms with E-state index in [1.165, 1.54) is 4.88 Å². The molecule has 5 rings (SSSR count). The van der Waals surface area contributed by atoms with Gasteiger partial charge in [-0.05, 0) is 73.7 Å². The van der Waals surface area contributed by atoms with Crippen LogP contribution in [-0.4, -0.2) is 39.7 Å². The summed E-state index contributed by atoms with van der Waals surface area (Å²) in [4.78, 5) is 29.3. The van der Waals surface area contributed by atoms with Crippen LogP contribution in [0.15, 0.2) is 72.1 Å². The molecule has 0 radical (unpaired) electrons. The molecule has 4 aromatic rings. The van der Waals surface area contributed by atoms with Gasteiger partial charge in [-0.2, -0.15) is 5.10 Å². The molecule has 2 aromatic carbocycles. The van der Waals surface area contributed by atoms with Gasteiger partial charge < -0.3 is 10.2 Å². The van der Waals surface area contributed by atoms with Gasteiger partial charge in [0.25, 0.3) is 0 Å². The minimum absolute atomic E-state index is 0.167. The molecule has 0 saturated carbocycles. The number of urea groups is 1. The maximum absolute atomic E-state index is 13.3. The fourth-order valence-corrected chi connectivity index (χ4v) is 6.06. The van der Waals surface area contributed by atoms with Gasteiger partial charge in [-0.25, -0.2) is 9.48 Å². The van der Waals surface area contributed by atoms with Gasteiger partial charge in [-0.3, -0.25) is 10.1 Å². The summed E-state index contributed by atoms with van der Waals surface area (Å²) >= 11 is 1.71. The minimum atomic E-state index is -0.303. The van der Waals surface area contributed by atoms with Crippen LogP contribution in [0, 0.1) is 12.8 Å². The number of nitrogens with one attached hydrogen (secondary N) is 2. The first-order chi connectivity index (χ1) is 20.2. The number of amides is 3. The predicted octanol–water partition coefficient (Wildman–Crippen LogP) is 7.60. The van der Waals surface area contributed by atoms with Gasteiger partial charge in [-0.1, -0.05) is 62.7 Å². The highest BCUT2D eigenvalue weighted by Gasteiger charge is 2.25. The van der Waals surface area contributed by atoms with Crippen LogP contribution < -0.4 is 10.6 Å². The van der Waals surface area contributed by atoms with E-state index < -0.39 is 0 Å². The molecular weight excluding hydrogens is 542 g/mol. The molecule has 2 aromatic heterocycles. The molecule has 0 unspecified atom stereocenters. The van der Waals surface area contributed by atoms with Crippen molar-refractivity contribution >= 4 is 34.8 Å². The second-order valence-corrected chi connectivity index (χ2v) is 13.3. The molecule has 2 N–H and O–H groups in total. The van der Waals surface area contributed by atoms with Crippen LogP contribution in [0.3, 0.4) is 0 Å². The van der Waals surface area contributed by atoms with Crippen LogP contribution in [0.5, 0.6) is 0 Å². The SMILES string of the molecule is Cc1ccc(-n2nc(C(C)(C)C)cc2NC(=O)Nc2ccccc2CC2CCN(C(=O)CCc3cccs3)CC2)cc1. The monoisotopic (exact) mass is 583 g/mol. The lowest BCUT2D eigenvalue weighted by Gasteiger charge is -2.32. The highest BCUT2D eigenvalue weighted by atomic mass is 32.1. The zero-order chi connectivity index (χ0) is 29.7. The largest absolute Gasteiger partial charge is 0.343 e. The predicted molar refractivity (Wildman–Crippen MR) is 172 cm³/mol.